The number of phenols is 1. The predicted molar refractivity (Wildman–Crippen MR) is 69.2 cm³/mol. The van der Waals surface area contributed by atoms with Crippen LogP contribution in [-0.2, 0) is 6.42 Å². The van der Waals surface area contributed by atoms with E-state index in [0.717, 1.165) is 25.2 Å². The summed E-state index contributed by atoms with van der Waals surface area (Å²) in [5.74, 6) is 1.23. The van der Waals surface area contributed by atoms with Crippen molar-refractivity contribution in [3.63, 3.8) is 0 Å². The van der Waals surface area contributed by atoms with Gasteiger partial charge in [-0.25, -0.2) is 4.98 Å². The highest BCUT2D eigenvalue weighted by Crippen LogP contribution is 2.16. The summed E-state index contributed by atoms with van der Waals surface area (Å²) in [6.45, 7) is 3.03. The first-order valence-corrected chi connectivity index (χ1v) is 6.12. The van der Waals surface area contributed by atoms with E-state index in [-0.39, 0.29) is 6.04 Å². The number of aryl methyl sites for hydroxylation is 1. The number of hydrogen-bond donors (Lipinski definition) is 3. The van der Waals surface area contributed by atoms with Crippen molar-refractivity contribution in [3.8, 4) is 5.75 Å². The quantitative estimate of drug-likeness (QED) is 0.679. The maximum absolute atomic E-state index is 9.22. The van der Waals surface area contributed by atoms with Gasteiger partial charge in [0, 0.05) is 12.5 Å². The molecule has 1 atom stereocenters. The zero-order valence-corrected chi connectivity index (χ0v) is 10.4. The van der Waals surface area contributed by atoms with Gasteiger partial charge in [-0.15, -0.1) is 0 Å². The van der Waals surface area contributed by atoms with Crippen molar-refractivity contribution in [3.05, 3.63) is 42.0 Å². The van der Waals surface area contributed by atoms with Crippen molar-refractivity contribution in [1.82, 2.24) is 20.5 Å². The van der Waals surface area contributed by atoms with Gasteiger partial charge in [0.2, 0.25) is 0 Å². The standard InChI is InChI=1S/C13H18N4O/c1-10(11-4-6-12(18)7-5-11)14-8-2-3-13-15-9-16-17-13/h4-7,9-10,14,18H,2-3,8H2,1H3,(H,15,16,17). The Morgan fingerprint density at radius 3 is 2.78 bits per heavy atom. The van der Waals surface area contributed by atoms with E-state index in [0.29, 0.717) is 5.75 Å². The molecule has 0 aliphatic rings. The van der Waals surface area contributed by atoms with Crippen LogP contribution in [0.2, 0.25) is 0 Å². The molecular formula is C13H18N4O. The molecule has 0 bridgehead atoms. The second kappa shape index (κ2) is 6.16. The Hall–Kier alpha value is -1.88. The molecule has 0 saturated carbocycles. The van der Waals surface area contributed by atoms with Crippen LogP contribution in [0.1, 0.15) is 30.8 Å². The monoisotopic (exact) mass is 246 g/mol. The van der Waals surface area contributed by atoms with Gasteiger partial charge >= 0.3 is 0 Å². The SMILES string of the molecule is CC(NCCCc1ncn[nH]1)c1ccc(O)cc1. The van der Waals surface area contributed by atoms with Crippen LogP contribution in [0, 0.1) is 0 Å². The molecule has 3 N–H and O–H groups in total. The molecule has 5 nitrogen and oxygen atoms in total. The van der Waals surface area contributed by atoms with Crippen LogP contribution in [0.25, 0.3) is 0 Å². The summed E-state index contributed by atoms with van der Waals surface area (Å²) >= 11 is 0. The normalized spacial score (nSPS) is 12.5. The largest absolute Gasteiger partial charge is 0.508 e. The van der Waals surface area contributed by atoms with Crippen molar-refractivity contribution in [2.45, 2.75) is 25.8 Å². The van der Waals surface area contributed by atoms with E-state index in [1.807, 2.05) is 12.1 Å². The van der Waals surface area contributed by atoms with Crippen molar-refractivity contribution in [2.24, 2.45) is 0 Å². The average Bonchev–Trinajstić information content (AvgIpc) is 2.88. The fourth-order valence-electron chi connectivity index (χ4n) is 1.81. The number of nitrogens with one attached hydrogen (secondary N) is 2. The van der Waals surface area contributed by atoms with Gasteiger partial charge in [0.05, 0.1) is 0 Å². The Labute approximate surface area is 106 Å². The van der Waals surface area contributed by atoms with Crippen molar-refractivity contribution in [2.75, 3.05) is 6.54 Å². The molecule has 0 aliphatic heterocycles. The lowest BCUT2D eigenvalue weighted by atomic mass is 10.1. The minimum Gasteiger partial charge on any atom is -0.508 e. The summed E-state index contributed by atoms with van der Waals surface area (Å²) in [6.07, 6.45) is 3.44. The third-order valence-corrected chi connectivity index (χ3v) is 2.90. The zero-order valence-electron chi connectivity index (χ0n) is 10.4. The maximum Gasteiger partial charge on any atom is 0.137 e. The highest BCUT2D eigenvalue weighted by atomic mass is 16.3. The summed E-state index contributed by atoms with van der Waals surface area (Å²) in [6, 6.07) is 7.57. The minimum absolute atomic E-state index is 0.278. The van der Waals surface area contributed by atoms with E-state index in [1.165, 1.54) is 11.9 Å². The van der Waals surface area contributed by atoms with E-state index in [4.69, 9.17) is 0 Å². The Morgan fingerprint density at radius 2 is 2.11 bits per heavy atom. The Balaban J connectivity index is 1.71. The molecule has 18 heavy (non-hydrogen) atoms. The first-order valence-electron chi connectivity index (χ1n) is 6.12. The first-order chi connectivity index (χ1) is 8.75. The summed E-state index contributed by atoms with van der Waals surface area (Å²) in [5.41, 5.74) is 1.17. The second-order valence-corrected chi connectivity index (χ2v) is 4.30. The molecule has 1 unspecified atom stereocenters. The molecule has 0 spiro atoms. The molecule has 96 valence electrons. The maximum atomic E-state index is 9.22. The molecule has 0 fully saturated rings. The zero-order chi connectivity index (χ0) is 12.8. The molecule has 2 rings (SSSR count). The smallest absolute Gasteiger partial charge is 0.137 e. The lowest BCUT2D eigenvalue weighted by Crippen LogP contribution is -2.20. The van der Waals surface area contributed by atoms with E-state index in [2.05, 4.69) is 27.4 Å². The minimum atomic E-state index is 0.278. The van der Waals surface area contributed by atoms with Crippen LogP contribution in [0.3, 0.4) is 0 Å². The van der Waals surface area contributed by atoms with Crippen LogP contribution < -0.4 is 5.32 Å². The van der Waals surface area contributed by atoms with Gasteiger partial charge in [-0.3, -0.25) is 5.10 Å². The number of hydrogen-bond acceptors (Lipinski definition) is 4. The topological polar surface area (TPSA) is 73.8 Å². The highest BCUT2D eigenvalue weighted by molar-refractivity contribution is 5.27. The highest BCUT2D eigenvalue weighted by Gasteiger charge is 2.04. The Kier molecular flexibility index (Phi) is 4.30. The van der Waals surface area contributed by atoms with E-state index in [1.54, 1.807) is 12.1 Å². The van der Waals surface area contributed by atoms with Gasteiger partial charge in [-0.1, -0.05) is 12.1 Å². The van der Waals surface area contributed by atoms with Crippen LogP contribution in [-0.4, -0.2) is 26.8 Å². The van der Waals surface area contributed by atoms with Crippen LogP contribution in [0.4, 0.5) is 0 Å². The number of rotatable bonds is 6. The number of benzene rings is 1. The Bertz CT molecular complexity index is 452. The van der Waals surface area contributed by atoms with Gasteiger partial charge in [-0.05, 0) is 37.6 Å². The summed E-state index contributed by atoms with van der Waals surface area (Å²) in [5, 5.41) is 19.3. The van der Waals surface area contributed by atoms with Crippen molar-refractivity contribution >= 4 is 0 Å². The molecule has 0 amide bonds. The van der Waals surface area contributed by atoms with E-state index in [9.17, 15) is 5.11 Å². The second-order valence-electron chi connectivity index (χ2n) is 4.30. The van der Waals surface area contributed by atoms with Gasteiger partial charge in [0.25, 0.3) is 0 Å². The van der Waals surface area contributed by atoms with E-state index >= 15 is 0 Å². The fourth-order valence-corrected chi connectivity index (χ4v) is 1.81. The number of nitrogens with zero attached hydrogens (tertiary/aromatic N) is 2. The molecule has 0 radical (unpaired) electrons. The molecule has 2 aromatic rings. The van der Waals surface area contributed by atoms with Gasteiger partial charge in [0.15, 0.2) is 0 Å². The number of phenolic OH excluding ortho intramolecular Hbond substituents is 1. The molecule has 0 saturated heterocycles. The summed E-state index contributed by atoms with van der Waals surface area (Å²) in [7, 11) is 0. The molecule has 1 aromatic carbocycles. The molecule has 0 aliphatic carbocycles. The molecule has 5 heteroatoms. The lowest BCUT2D eigenvalue weighted by Gasteiger charge is -2.13. The Morgan fingerprint density at radius 1 is 1.33 bits per heavy atom. The van der Waals surface area contributed by atoms with Crippen molar-refractivity contribution in [1.29, 1.82) is 0 Å². The molecule has 1 heterocycles. The lowest BCUT2D eigenvalue weighted by molar-refractivity contribution is 0.474. The van der Waals surface area contributed by atoms with Gasteiger partial charge in [-0.2, -0.15) is 5.10 Å². The van der Waals surface area contributed by atoms with Gasteiger partial charge < -0.3 is 10.4 Å². The molecule has 1 aromatic heterocycles. The predicted octanol–water partition coefficient (Wildman–Crippen LogP) is 1.79. The first kappa shape index (κ1) is 12.6. The summed E-state index contributed by atoms with van der Waals surface area (Å²) in [4.78, 5) is 4.08. The molecular weight excluding hydrogens is 228 g/mol. The average molecular weight is 246 g/mol. The van der Waals surface area contributed by atoms with Crippen LogP contribution >= 0.6 is 0 Å². The number of aromatic nitrogens is 3. The van der Waals surface area contributed by atoms with Crippen LogP contribution in [0.15, 0.2) is 30.6 Å². The van der Waals surface area contributed by atoms with Gasteiger partial charge in [0.1, 0.15) is 17.9 Å². The third kappa shape index (κ3) is 3.56. The number of H-pyrrole nitrogens is 1. The van der Waals surface area contributed by atoms with E-state index < -0.39 is 0 Å². The number of aromatic amines is 1. The third-order valence-electron chi connectivity index (χ3n) is 2.90. The fraction of sp³-hybridized carbons (Fsp3) is 0.385. The summed E-state index contributed by atoms with van der Waals surface area (Å²) < 4.78 is 0. The number of aromatic hydroxyl groups is 1. The van der Waals surface area contributed by atoms with Crippen molar-refractivity contribution < 1.29 is 5.11 Å². The van der Waals surface area contributed by atoms with Crippen LogP contribution in [0.5, 0.6) is 5.75 Å².